The lowest BCUT2D eigenvalue weighted by molar-refractivity contribution is 0.269. The Morgan fingerprint density at radius 2 is 2.23 bits per heavy atom. The third-order valence-corrected chi connectivity index (χ3v) is 1.80. The minimum absolute atomic E-state index is 0.482. The van der Waals surface area contributed by atoms with Gasteiger partial charge in [0.25, 0.3) is 0 Å². The lowest BCUT2D eigenvalue weighted by Gasteiger charge is -2.05. The van der Waals surface area contributed by atoms with E-state index in [-0.39, 0.29) is 0 Å². The lowest BCUT2D eigenvalue weighted by atomic mass is 10.3. The maximum Gasteiger partial charge on any atom is 0.318 e. The first-order chi connectivity index (χ1) is 6.13. The van der Waals surface area contributed by atoms with Crippen molar-refractivity contribution in [1.82, 2.24) is 0 Å². The molecule has 13 heavy (non-hydrogen) atoms. The zero-order chi connectivity index (χ0) is 9.84. The Hall–Kier alpha value is -0.930. The van der Waals surface area contributed by atoms with Crippen LogP contribution in [0, 0.1) is 0 Å². The van der Waals surface area contributed by atoms with Crippen LogP contribution < -0.4 is 10.1 Å². The molecule has 0 fully saturated rings. The van der Waals surface area contributed by atoms with Gasteiger partial charge in [0, 0.05) is 11.8 Å². The maximum absolute atomic E-state index is 10.5. The predicted molar refractivity (Wildman–Crippen MR) is 52.9 cm³/mol. The van der Waals surface area contributed by atoms with Crippen molar-refractivity contribution in [3.8, 4) is 5.75 Å². The van der Waals surface area contributed by atoms with Crippen LogP contribution >= 0.6 is 23.2 Å². The van der Waals surface area contributed by atoms with Crippen molar-refractivity contribution >= 4 is 34.3 Å². The molecule has 0 saturated carbocycles. The van der Waals surface area contributed by atoms with E-state index in [2.05, 4.69) is 5.32 Å². The SMILES string of the molecule is COc1cc(NC(=O)Cl)ccc1Cl. The van der Waals surface area contributed by atoms with Gasteiger partial charge in [-0.2, -0.15) is 0 Å². The summed E-state index contributed by atoms with van der Waals surface area (Å²) in [7, 11) is 1.49. The number of amides is 1. The summed E-state index contributed by atoms with van der Waals surface area (Å²) >= 11 is 10.9. The zero-order valence-electron chi connectivity index (χ0n) is 6.80. The lowest BCUT2D eigenvalue weighted by Crippen LogP contribution is -2.00. The highest BCUT2D eigenvalue weighted by atomic mass is 35.5. The molecule has 0 aliphatic rings. The van der Waals surface area contributed by atoms with Crippen LogP contribution in [-0.4, -0.2) is 12.5 Å². The Kier molecular flexibility index (Phi) is 3.39. The number of halogens is 2. The van der Waals surface area contributed by atoms with Crippen molar-refractivity contribution in [2.75, 3.05) is 12.4 Å². The molecule has 1 N–H and O–H groups in total. The average molecular weight is 220 g/mol. The summed E-state index contributed by atoms with van der Waals surface area (Å²) in [5.74, 6) is 0.490. The highest BCUT2D eigenvalue weighted by molar-refractivity contribution is 6.65. The summed E-state index contributed by atoms with van der Waals surface area (Å²) in [6.07, 6.45) is 0. The minimum atomic E-state index is -0.649. The van der Waals surface area contributed by atoms with E-state index in [1.807, 2.05) is 0 Å². The van der Waals surface area contributed by atoms with Crippen molar-refractivity contribution < 1.29 is 9.53 Å². The molecular weight excluding hydrogens is 213 g/mol. The molecule has 70 valence electrons. The van der Waals surface area contributed by atoms with Crippen molar-refractivity contribution in [1.29, 1.82) is 0 Å². The fourth-order valence-electron chi connectivity index (χ4n) is 0.851. The monoisotopic (exact) mass is 219 g/mol. The second kappa shape index (κ2) is 4.35. The van der Waals surface area contributed by atoms with E-state index in [0.29, 0.717) is 16.5 Å². The fourth-order valence-corrected chi connectivity index (χ4v) is 1.15. The summed E-state index contributed by atoms with van der Waals surface area (Å²) in [6, 6.07) is 4.83. The predicted octanol–water partition coefficient (Wildman–Crippen LogP) is 3.12. The molecule has 0 unspecified atom stereocenters. The van der Waals surface area contributed by atoms with E-state index in [4.69, 9.17) is 27.9 Å². The van der Waals surface area contributed by atoms with Gasteiger partial charge in [-0.1, -0.05) is 11.6 Å². The van der Waals surface area contributed by atoms with Crippen molar-refractivity contribution in [3.05, 3.63) is 23.2 Å². The van der Waals surface area contributed by atoms with Gasteiger partial charge in [0.2, 0.25) is 0 Å². The first-order valence-corrected chi connectivity index (χ1v) is 4.19. The summed E-state index contributed by atoms with van der Waals surface area (Å²) in [5, 5.41) is 2.23. The minimum Gasteiger partial charge on any atom is -0.495 e. The Morgan fingerprint density at radius 1 is 1.54 bits per heavy atom. The van der Waals surface area contributed by atoms with Gasteiger partial charge < -0.3 is 10.1 Å². The van der Waals surface area contributed by atoms with Crippen LogP contribution in [0.25, 0.3) is 0 Å². The summed E-state index contributed by atoms with van der Waals surface area (Å²) in [4.78, 5) is 10.5. The van der Waals surface area contributed by atoms with E-state index >= 15 is 0 Å². The molecule has 1 aromatic rings. The average Bonchev–Trinajstić information content (AvgIpc) is 2.07. The first kappa shape index (κ1) is 10.2. The van der Waals surface area contributed by atoms with Crippen LogP contribution in [0.3, 0.4) is 0 Å². The Balaban J connectivity index is 2.92. The van der Waals surface area contributed by atoms with Gasteiger partial charge in [-0.25, -0.2) is 0 Å². The number of hydrogen-bond donors (Lipinski definition) is 1. The van der Waals surface area contributed by atoms with Crippen molar-refractivity contribution in [3.63, 3.8) is 0 Å². The molecule has 0 aromatic heterocycles. The largest absolute Gasteiger partial charge is 0.495 e. The summed E-state index contributed by atoms with van der Waals surface area (Å²) in [6.45, 7) is 0. The standard InChI is InChI=1S/C8H7Cl2NO2/c1-13-7-4-5(11-8(10)12)2-3-6(7)9/h2-4H,1H3,(H,11,12). The number of methoxy groups -OCH3 is 1. The zero-order valence-corrected chi connectivity index (χ0v) is 8.32. The van der Waals surface area contributed by atoms with Gasteiger partial charge >= 0.3 is 5.37 Å². The van der Waals surface area contributed by atoms with Gasteiger partial charge in [0.05, 0.1) is 12.1 Å². The highest BCUT2D eigenvalue weighted by Gasteiger charge is 2.03. The number of rotatable bonds is 2. The van der Waals surface area contributed by atoms with Crippen LogP contribution in [0.4, 0.5) is 10.5 Å². The normalized spacial score (nSPS) is 9.46. The van der Waals surface area contributed by atoms with Crippen LogP contribution in [0.1, 0.15) is 0 Å². The number of carbonyl (C=O) groups excluding carboxylic acids is 1. The number of anilines is 1. The van der Waals surface area contributed by atoms with E-state index in [1.54, 1.807) is 18.2 Å². The molecular formula is C8H7Cl2NO2. The molecule has 1 rings (SSSR count). The number of benzene rings is 1. The molecule has 3 nitrogen and oxygen atoms in total. The van der Waals surface area contributed by atoms with Crippen LogP contribution in [-0.2, 0) is 0 Å². The molecule has 0 radical (unpaired) electrons. The topological polar surface area (TPSA) is 38.3 Å². The molecule has 1 aromatic carbocycles. The Bertz CT molecular complexity index is 328. The number of ether oxygens (including phenoxy) is 1. The molecule has 0 saturated heterocycles. The highest BCUT2D eigenvalue weighted by Crippen LogP contribution is 2.27. The third kappa shape index (κ3) is 2.79. The van der Waals surface area contributed by atoms with Gasteiger partial charge in [-0.3, -0.25) is 4.79 Å². The number of carbonyl (C=O) groups is 1. The van der Waals surface area contributed by atoms with E-state index in [0.717, 1.165) is 0 Å². The smallest absolute Gasteiger partial charge is 0.318 e. The molecule has 0 atom stereocenters. The molecule has 5 heteroatoms. The molecule has 0 heterocycles. The van der Waals surface area contributed by atoms with Crippen LogP contribution in [0.5, 0.6) is 5.75 Å². The van der Waals surface area contributed by atoms with Gasteiger partial charge in [0.15, 0.2) is 0 Å². The van der Waals surface area contributed by atoms with Crippen LogP contribution in [0.15, 0.2) is 18.2 Å². The number of nitrogens with one attached hydrogen (secondary N) is 1. The maximum atomic E-state index is 10.5. The Morgan fingerprint density at radius 3 is 2.77 bits per heavy atom. The molecule has 0 bridgehead atoms. The quantitative estimate of drug-likeness (QED) is 0.614. The van der Waals surface area contributed by atoms with Gasteiger partial charge in [-0.15, -0.1) is 0 Å². The summed E-state index contributed by atoms with van der Waals surface area (Å²) < 4.78 is 4.94. The van der Waals surface area contributed by atoms with E-state index in [1.165, 1.54) is 7.11 Å². The van der Waals surface area contributed by atoms with E-state index < -0.39 is 5.37 Å². The third-order valence-electron chi connectivity index (χ3n) is 1.39. The van der Waals surface area contributed by atoms with Crippen molar-refractivity contribution in [2.24, 2.45) is 0 Å². The fraction of sp³-hybridized carbons (Fsp3) is 0.125. The van der Waals surface area contributed by atoms with Crippen molar-refractivity contribution in [2.45, 2.75) is 0 Å². The second-order valence-corrected chi connectivity index (χ2v) is 3.00. The van der Waals surface area contributed by atoms with Crippen LogP contribution in [0.2, 0.25) is 5.02 Å². The van der Waals surface area contributed by atoms with E-state index in [9.17, 15) is 4.79 Å². The molecule has 0 aliphatic heterocycles. The molecule has 1 amide bonds. The Labute approximate surface area is 85.6 Å². The number of hydrogen-bond acceptors (Lipinski definition) is 2. The first-order valence-electron chi connectivity index (χ1n) is 3.43. The second-order valence-electron chi connectivity index (χ2n) is 2.25. The molecule has 0 aliphatic carbocycles. The van der Waals surface area contributed by atoms with Gasteiger partial charge in [0.1, 0.15) is 5.75 Å². The summed E-state index contributed by atoms with van der Waals surface area (Å²) in [5.41, 5.74) is 0.543. The molecule has 0 spiro atoms. The van der Waals surface area contributed by atoms with Gasteiger partial charge in [-0.05, 0) is 23.7 Å².